The number of amides is 3. The van der Waals surface area contributed by atoms with Crippen LogP contribution in [0.5, 0.6) is 5.75 Å². The molecular weight excluding hydrogens is 502 g/mol. The average Bonchev–Trinajstić information content (AvgIpc) is 3.04. The van der Waals surface area contributed by atoms with E-state index in [0.29, 0.717) is 65.2 Å². The van der Waals surface area contributed by atoms with Gasteiger partial charge in [0.2, 0.25) is 17.7 Å². The molecule has 0 bridgehead atoms. The molecule has 186 valence electrons. The van der Waals surface area contributed by atoms with E-state index in [1.807, 2.05) is 34.1 Å². The first-order valence-electron chi connectivity index (χ1n) is 12.3. The second-order valence-electron chi connectivity index (χ2n) is 9.33. The predicted octanol–water partition coefficient (Wildman–Crippen LogP) is 2.70. The first-order valence-corrected chi connectivity index (χ1v) is 13.1. The number of morpholine rings is 1. The van der Waals surface area contributed by atoms with Gasteiger partial charge in [-0.25, -0.2) is 0 Å². The molecule has 1 aromatic rings. The summed E-state index contributed by atoms with van der Waals surface area (Å²) in [6.45, 7) is 4.10. The number of likely N-dealkylation sites (tertiary alicyclic amines) is 2. The van der Waals surface area contributed by atoms with Crippen LogP contribution in [0.15, 0.2) is 28.7 Å². The number of hydrogen-bond donors (Lipinski definition) is 0. The largest absolute Gasteiger partial charge is 0.490 e. The van der Waals surface area contributed by atoms with Crippen LogP contribution in [0.4, 0.5) is 0 Å². The number of rotatable bonds is 6. The Kier molecular flexibility index (Phi) is 8.83. The number of carbonyl (C=O) groups excluding carboxylic acids is 3. The van der Waals surface area contributed by atoms with Crippen molar-refractivity contribution in [2.75, 3.05) is 52.5 Å². The maximum absolute atomic E-state index is 13.1. The lowest BCUT2D eigenvalue weighted by atomic mass is 9.90. The van der Waals surface area contributed by atoms with Crippen molar-refractivity contribution >= 4 is 33.7 Å². The van der Waals surface area contributed by atoms with E-state index in [2.05, 4.69) is 15.9 Å². The Morgan fingerprint density at radius 1 is 1.03 bits per heavy atom. The Balaban J connectivity index is 1.42. The molecule has 0 unspecified atom stereocenters. The Hall–Kier alpha value is -2.13. The van der Waals surface area contributed by atoms with Crippen LogP contribution in [0, 0.1) is 5.92 Å². The maximum Gasteiger partial charge on any atom is 0.242 e. The minimum atomic E-state index is -0.164. The molecule has 3 saturated heterocycles. The Bertz CT molecular complexity index is 876. The van der Waals surface area contributed by atoms with Crippen molar-refractivity contribution in [3.63, 3.8) is 0 Å². The predicted molar refractivity (Wildman–Crippen MR) is 130 cm³/mol. The highest BCUT2D eigenvalue weighted by atomic mass is 79.9. The van der Waals surface area contributed by atoms with Crippen molar-refractivity contribution in [2.45, 2.75) is 44.6 Å². The van der Waals surface area contributed by atoms with Crippen molar-refractivity contribution in [3.8, 4) is 5.75 Å². The van der Waals surface area contributed by atoms with Gasteiger partial charge in [0.15, 0.2) is 0 Å². The van der Waals surface area contributed by atoms with Gasteiger partial charge < -0.3 is 24.2 Å². The molecule has 3 fully saturated rings. The third-order valence-corrected chi connectivity index (χ3v) is 7.39. The molecule has 0 spiro atoms. The molecule has 0 aromatic heterocycles. The van der Waals surface area contributed by atoms with Gasteiger partial charge >= 0.3 is 0 Å². The van der Waals surface area contributed by atoms with Crippen LogP contribution in [0.25, 0.3) is 0 Å². The van der Waals surface area contributed by atoms with Gasteiger partial charge in [0, 0.05) is 62.4 Å². The van der Waals surface area contributed by atoms with Crippen LogP contribution in [0.2, 0.25) is 0 Å². The zero-order valence-electron chi connectivity index (χ0n) is 19.6. The molecule has 34 heavy (non-hydrogen) atoms. The minimum Gasteiger partial charge on any atom is -0.490 e. The molecule has 8 nitrogen and oxygen atoms in total. The molecule has 3 heterocycles. The molecule has 0 aliphatic carbocycles. The molecule has 0 radical (unpaired) electrons. The van der Waals surface area contributed by atoms with Crippen LogP contribution >= 0.6 is 15.9 Å². The van der Waals surface area contributed by atoms with Gasteiger partial charge in [0.05, 0.1) is 19.8 Å². The SMILES string of the molecule is O=C(C[C@H]1CN(C(=O)CN2CCCCCC2=O)CC[C@@H]1Oc1cccc(Br)c1)N1CCOCC1. The highest BCUT2D eigenvalue weighted by molar-refractivity contribution is 9.10. The zero-order valence-corrected chi connectivity index (χ0v) is 21.2. The molecule has 3 aliphatic heterocycles. The zero-order chi connectivity index (χ0) is 23.9. The summed E-state index contributed by atoms with van der Waals surface area (Å²) in [6, 6.07) is 7.69. The minimum absolute atomic E-state index is 0.0417. The maximum atomic E-state index is 13.1. The monoisotopic (exact) mass is 535 g/mol. The lowest BCUT2D eigenvalue weighted by molar-refractivity contribution is -0.144. The molecular formula is C25H34BrN3O5. The summed E-state index contributed by atoms with van der Waals surface area (Å²) in [7, 11) is 0. The number of benzene rings is 1. The highest BCUT2D eigenvalue weighted by Crippen LogP contribution is 2.28. The van der Waals surface area contributed by atoms with Gasteiger partial charge in [-0.1, -0.05) is 28.4 Å². The van der Waals surface area contributed by atoms with Crippen molar-refractivity contribution in [1.82, 2.24) is 14.7 Å². The summed E-state index contributed by atoms with van der Waals surface area (Å²) in [5.41, 5.74) is 0. The Labute approximate surface area is 209 Å². The topological polar surface area (TPSA) is 79.4 Å². The van der Waals surface area contributed by atoms with Crippen LogP contribution in [0.3, 0.4) is 0 Å². The molecule has 4 rings (SSSR count). The lowest BCUT2D eigenvalue weighted by Gasteiger charge is -2.40. The number of nitrogens with zero attached hydrogens (tertiary/aromatic N) is 3. The second kappa shape index (κ2) is 12.0. The smallest absolute Gasteiger partial charge is 0.242 e. The van der Waals surface area contributed by atoms with E-state index in [-0.39, 0.29) is 36.3 Å². The summed E-state index contributed by atoms with van der Waals surface area (Å²) in [6.07, 6.45) is 4.19. The van der Waals surface area contributed by atoms with Crippen molar-refractivity contribution in [2.24, 2.45) is 5.92 Å². The van der Waals surface area contributed by atoms with E-state index in [4.69, 9.17) is 9.47 Å². The van der Waals surface area contributed by atoms with Crippen LogP contribution in [0.1, 0.15) is 38.5 Å². The normalized spacial score (nSPS) is 24.0. The van der Waals surface area contributed by atoms with Crippen molar-refractivity contribution in [3.05, 3.63) is 28.7 Å². The number of ether oxygens (including phenoxy) is 2. The van der Waals surface area contributed by atoms with Crippen molar-refractivity contribution < 1.29 is 23.9 Å². The van der Waals surface area contributed by atoms with Gasteiger partial charge in [-0.3, -0.25) is 14.4 Å². The number of hydrogen-bond acceptors (Lipinski definition) is 5. The van der Waals surface area contributed by atoms with E-state index < -0.39 is 0 Å². The van der Waals surface area contributed by atoms with Crippen LogP contribution < -0.4 is 4.74 Å². The fraction of sp³-hybridized carbons (Fsp3) is 0.640. The Morgan fingerprint density at radius 3 is 2.65 bits per heavy atom. The molecule has 3 aliphatic rings. The first-order chi connectivity index (χ1) is 16.5. The molecule has 1 aromatic carbocycles. The van der Waals surface area contributed by atoms with E-state index >= 15 is 0 Å². The second-order valence-corrected chi connectivity index (χ2v) is 10.2. The lowest BCUT2D eigenvalue weighted by Crippen LogP contribution is -2.52. The van der Waals surface area contributed by atoms with Gasteiger partial charge in [-0.2, -0.15) is 0 Å². The third-order valence-electron chi connectivity index (χ3n) is 6.90. The van der Waals surface area contributed by atoms with E-state index in [9.17, 15) is 14.4 Å². The summed E-state index contributed by atoms with van der Waals surface area (Å²) in [5, 5.41) is 0. The van der Waals surface area contributed by atoms with Gasteiger partial charge in [0.1, 0.15) is 11.9 Å². The van der Waals surface area contributed by atoms with E-state index in [1.165, 1.54) is 0 Å². The molecule has 2 atom stereocenters. The van der Waals surface area contributed by atoms with Crippen LogP contribution in [-0.2, 0) is 19.1 Å². The third kappa shape index (κ3) is 6.72. The quantitative estimate of drug-likeness (QED) is 0.559. The fourth-order valence-electron chi connectivity index (χ4n) is 4.94. The van der Waals surface area contributed by atoms with Crippen LogP contribution in [-0.4, -0.2) is 91.0 Å². The van der Waals surface area contributed by atoms with E-state index in [0.717, 1.165) is 29.5 Å². The summed E-state index contributed by atoms with van der Waals surface area (Å²) in [5.74, 6) is 0.732. The molecule has 0 N–H and O–H groups in total. The standard InChI is InChI=1S/C25H34BrN3O5/c26-20-5-4-6-21(16-20)34-22-8-10-29(25(32)18-28-9-3-1-2-7-23(28)30)17-19(22)15-24(31)27-11-13-33-14-12-27/h4-6,16,19,22H,1-3,7-15,17-18H2/t19-,22-/m0/s1. The van der Waals surface area contributed by atoms with Gasteiger partial charge in [-0.15, -0.1) is 0 Å². The number of piperidine rings is 1. The fourth-order valence-corrected chi connectivity index (χ4v) is 5.32. The van der Waals surface area contributed by atoms with Gasteiger partial charge in [-0.05, 0) is 31.0 Å². The Morgan fingerprint density at radius 2 is 1.85 bits per heavy atom. The number of carbonyl (C=O) groups is 3. The highest BCUT2D eigenvalue weighted by Gasteiger charge is 2.36. The summed E-state index contributed by atoms with van der Waals surface area (Å²) < 4.78 is 12.6. The van der Waals surface area contributed by atoms with E-state index in [1.54, 1.807) is 4.90 Å². The molecule has 0 saturated carbocycles. The van der Waals surface area contributed by atoms with Crippen molar-refractivity contribution in [1.29, 1.82) is 0 Å². The molecule has 3 amide bonds. The molecule has 9 heteroatoms. The van der Waals surface area contributed by atoms with Gasteiger partial charge in [0.25, 0.3) is 0 Å². The summed E-state index contributed by atoms with van der Waals surface area (Å²) >= 11 is 3.48. The first kappa shape index (κ1) is 25.0. The summed E-state index contributed by atoms with van der Waals surface area (Å²) in [4.78, 5) is 43.9. The average molecular weight is 536 g/mol. The number of halogens is 1.